The average Bonchev–Trinajstić information content (AvgIpc) is 2.30. The number of halogens is 1. The number of hydrogen-bond acceptors (Lipinski definition) is 3. The Kier molecular flexibility index (Phi) is 4.45. The molecule has 0 saturated heterocycles. The molecule has 5 nitrogen and oxygen atoms in total. The highest BCUT2D eigenvalue weighted by Gasteiger charge is 2.37. The van der Waals surface area contributed by atoms with Crippen molar-refractivity contribution in [3.8, 4) is 0 Å². The van der Waals surface area contributed by atoms with Crippen LogP contribution in [0, 0.1) is 0 Å². The smallest absolute Gasteiger partial charge is 0.329 e. The van der Waals surface area contributed by atoms with Gasteiger partial charge in [0.05, 0.1) is 0 Å². The average molecular weight is 315 g/mol. The number of rotatable bonds is 4. The van der Waals surface area contributed by atoms with E-state index in [0.717, 1.165) is 4.47 Å². The second-order valence-corrected chi connectivity index (χ2v) is 5.19. The first-order valence-corrected chi connectivity index (χ1v) is 6.27. The number of carbonyl (C=O) groups excluding carboxylic acids is 1. The summed E-state index contributed by atoms with van der Waals surface area (Å²) in [5.74, 6) is -1.44. The Morgan fingerprint density at radius 1 is 1.44 bits per heavy atom. The van der Waals surface area contributed by atoms with Gasteiger partial charge >= 0.3 is 5.97 Å². The van der Waals surface area contributed by atoms with Crippen molar-refractivity contribution in [2.45, 2.75) is 26.3 Å². The highest BCUT2D eigenvalue weighted by Crippen LogP contribution is 2.18. The molecule has 1 heterocycles. The minimum atomic E-state index is -1.26. The molecule has 1 rings (SSSR count). The van der Waals surface area contributed by atoms with Crippen LogP contribution in [0.3, 0.4) is 0 Å². The highest BCUT2D eigenvalue weighted by atomic mass is 79.9. The Hall–Kier alpha value is -1.43. The van der Waals surface area contributed by atoms with E-state index >= 15 is 0 Å². The van der Waals surface area contributed by atoms with Crippen molar-refractivity contribution in [3.05, 3.63) is 28.5 Å². The first kappa shape index (κ1) is 14.6. The van der Waals surface area contributed by atoms with Crippen LogP contribution in [-0.2, 0) is 4.79 Å². The lowest BCUT2D eigenvalue weighted by molar-refractivity contribution is -0.147. The Labute approximate surface area is 114 Å². The van der Waals surface area contributed by atoms with Crippen LogP contribution in [0.5, 0.6) is 0 Å². The molecule has 0 aromatic carbocycles. The van der Waals surface area contributed by atoms with Crippen molar-refractivity contribution in [3.63, 3.8) is 0 Å². The van der Waals surface area contributed by atoms with E-state index in [0.29, 0.717) is 6.54 Å². The number of aliphatic carboxylic acids is 1. The molecule has 0 radical (unpaired) electrons. The highest BCUT2D eigenvalue weighted by molar-refractivity contribution is 9.10. The molecule has 6 heteroatoms. The molecule has 1 aromatic rings. The summed E-state index contributed by atoms with van der Waals surface area (Å²) in [5, 5.41) is 9.16. The van der Waals surface area contributed by atoms with Gasteiger partial charge in [-0.1, -0.05) is 0 Å². The fourth-order valence-corrected chi connectivity index (χ4v) is 1.78. The zero-order valence-electron chi connectivity index (χ0n) is 10.5. The molecular weight excluding hydrogens is 300 g/mol. The van der Waals surface area contributed by atoms with Gasteiger partial charge < -0.3 is 10.0 Å². The van der Waals surface area contributed by atoms with Gasteiger partial charge in [0.25, 0.3) is 5.91 Å². The molecule has 18 heavy (non-hydrogen) atoms. The molecule has 0 aliphatic carbocycles. The third kappa shape index (κ3) is 2.87. The van der Waals surface area contributed by atoms with E-state index in [-0.39, 0.29) is 5.69 Å². The van der Waals surface area contributed by atoms with Crippen molar-refractivity contribution >= 4 is 27.8 Å². The van der Waals surface area contributed by atoms with Gasteiger partial charge in [0.2, 0.25) is 0 Å². The van der Waals surface area contributed by atoms with Crippen molar-refractivity contribution in [2.75, 3.05) is 6.54 Å². The Balaban J connectivity index is 3.07. The van der Waals surface area contributed by atoms with Gasteiger partial charge in [0.1, 0.15) is 11.2 Å². The third-order valence-corrected chi connectivity index (χ3v) is 3.18. The number of aromatic nitrogens is 1. The van der Waals surface area contributed by atoms with Crippen LogP contribution in [0.1, 0.15) is 31.3 Å². The molecule has 1 aromatic heterocycles. The normalized spacial score (nSPS) is 11.1. The zero-order chi connectivity index (χ0) is 13.9. The Morgan fingerprint density at radius 2 is 2.06 bits per heavy atom. The lowest BCUT2D eigenvalue weighted by Crippen LogP contribution is -2.53. The number of carbonyl (C=O) groups is 2. The van der Waals surface area contributed by atoms with Crippen LogP contribution in [0.4, 0.5) is 0 Å². The van der Waals surface area contributed by atoms with Crippen LogP contribution in [-0.4, -0.2) is 39.0 Å². The molecule has 98 valence electrons. The van der Waals surface area contributed by atoms with E-state index in [1.54, 1.807) is 19.1 Å². The molecule has 0 unspecified atom stereocenters. The van der Waals surface area contributed by atoms with Crippen LogP contribution >= 0.6 is 15.9 Å². The number of likely N-dealkylation sites (N-methyl/N-ethyl adjacent to an activating group) is 1. The van der Waals surface area contributed by atoms with E-state index in [1.165, 1.54) is 24.9 Å². The Bertz CT molecular complexity index is 457. The number of carboxylic acid groups (broad SMARTS) is 1. The molecule has 0 aliphatic rings. The SMILES string of the molecule is CCN(C(=O)c1ccc(Br)cn1)C(C)(C)C(=O)O. The molecule has 0 spiro atoms. The maximum atomic E-state index is 12.2. The summed E-state index contributed by atoms with van der Waals surface area (Å²) in [4.78, 5) is 28.7. The topological polar surface area (TPSA) is 70.5 Å². The molecule has 0 aliphatic heterocycles. The van der Waals surface area contributed by atoms with Gasteiger partial charge in [-0.15, -0.1) is 0 Å². The fourth-order valence-electron chi connectivity index (χ4n) is 1.55. The largest absolute Gasteiger partial charge is 0.480 e. The van der Waals surface area contributed by atoms with E-state index < -0.39 is 17.4 Å². The van der Waals surface area contributed by atoms with Gasteiger partial charge in [-0.05, 0) is 48.8 Å². The molecule has 1 amide bonds. The van der Waals surface area contributed by atoms with Crippen LogP contribution in [0.2, 0.25) is 0 Å². The molecule has 0 fully saturated rings. The molecule has 0 atom stereocenters. The predicted molar refractivity (Wildman–Crippen MR) is 70.4 cm³/mol. The molecular formula is C12H15BrN2O3. The minimum Gasteiger partial charge on any atom is -0.480 e. The summed E-state index contributed by atoms with van der Waals surface area (Å²) in [6.45, 7) is 5.03. The van der Waals surface area contributed by atoms with Crippen LogP contribution < -0.4 is 0 Å². The predicted octanol–water partition coefficient (Wildman–Crippen LogP) is 2.17. The summed E-state index contributed by atoms with van der Waals surface area (Å²) in [5.41, 5.74) is -1.03. The van der Waals surface area contributed by atoms with Crippen LogP contribution in [0.25, 0.3) is 0 Å². The van der Waals surface area contributed by atoms with Crippen molar-refractivity contribution in [1.82, 2.24) is 9.88 Å². The van der Waals surface area contributed by atoms with Crippen molar-refractivity contribution in [2.24, 2.45) is 0 Å². The first-order chi connectivity index (χ1) is 8.30. The lowest BCUT2D eigenvalue weighted by Gasteiger charge is -2.33. The first-order valence-electron chi connectivity index (χ1n) is 5.47. The van der Waals surface area contributed by atoms with Gasteiger partial charge in [0.15, 0.2) is 0 Å². The quantitative estimate of drug-likeness (QED) is 0.924. The van der Waals surface area contributed by atoms with Crippen LogP contribution in [0.15, 0.2) is 22.8 Å². The van der Waals surface area contributed by atoms with Gasteiger partial charge in [-0.2, -0.15) is 0 Å². The monoisotopic (exact) mass is 314 g/mol. The number of hydrogen-bond donors (Lipinski definition) is 1. The second kappa shape index (κ2) is 5.48. The molecule has 0 saturated carbocycles. The Morgan fingerprint density at radius 3 is 2.44 bits per heavy atom. The van der Waals surface area contributed by atoms with E-state index in [4.69, 9.17) is 5.11 Å². The minimum absolute atomic E-state index is 0.231. The summed E-state index contributed by atoms with van der Waals surface area (Å²) in [6, 6.07) is 3.26. The standard InChI is InChI=1S/C12H15BrN2O3/c1-4-15(12(2,3)11(17)18)10(16)9-6-5-8(13)7-14-9/h5-7H,4H2,1-3H3,(H,17,18). The second-order valence-electron chi connectivity index (χ2n) is 4.28. The van der Waals surface area contributed by atoms with Crippen molar-refractivity contribution in [1.29, 1.82) is 0 Å². The molecule has 0 bridgehead atoms. The van der Waals surface area contributed by atoms with E-state index in [1.807, 2.05) is 0 Å². The summed E-state index contributed by atoms with van der Waals surface area (Å²) < 4.78 is 0.764. The summed E-state index contributed by atoms with van der Waals surface area (Å²) in [7, 11) is 0. The maximum absolute atomic E-state index is 12.2. The maximum Gasteiger partial charge on any atom is 0.329 e. The number of carboxylic acids is 1. The van der Waals surface area contributed by atoms with E-state index in [9.17, 15) is 9.59 Å². The number of nitrogens with zero attached hydrogens (tertiary/aromatic N) is 2. The van der Waals surface area contributed by atoms with Crippen molar-refractivity contribution < 1.29 is 14.7 Å². The summed E-state index contributed by atoms with van der Waals surface area (Å²) >= 11 is 3.23. The zero-order valence-corrected chi connectivity index (χ0v) is 12.1. The third-order valence-electron chi connectivity index (χ3n) is 2.71. The molecule has 1 N–H and O–H groups in total. The fraction of sp³-hybridized carbons (Fsp3) is 0.417. The lowest BCUT2D eigenvalue weighted by atomic mass is 10.0. The number of pyridine rings is 1. The summed E-state index contributed by atoms with van der Waals surface area (Å²) in [6.07, 6.45) is 1.51. The van der Waals surface area contributed by atoms with Gasteiger partial charge in [-0.3, -0.25) is 4.79 Å². The number of amides is 1. The van der Waals surface area contributed by atoms with E-state index in [2.05, 4.69) is 20.9 Å². The van der Waals surface area contributed by atoms with Gasteiger partial charge in [0, 0.05) is 17.2 Å². The van der Waals surface area contributed by atoms with Gasteiger partial charge in [-0.25, -0.2) is 9.78 Å².